The molecule has 2 aromatic carbocycles. The van der Waals surface area contributed by atoms with Gasteiger partial charge in [-0.25, -0.2) is 0 Å². The Kier molecular flexibility index (Phi) is 5.18. The summed E-state index contributed by atoms with van der Waals surface area (Å²) in [6.07, 6.45) is 0.279. The second-order valence-corrected chi connectivity index (χ2v) is 5.73. The molecular formula is C19H20N2O4. The zero-order valence-electron chi connectivity index (χ0n) is 14.0. The molecule has 130 valence electrons. The number of nitrogens with zero attached hydrogens (tertiary/aromatic N) is 1. The van der Waals surface area contributed by atoms with E-state index in [4.69, 9.17) is 9.47 Å². The maximum absolute atomic E-state index is 11.9. The molecule has 0 aromatic heterocycles. The topological polar surface area (TPSA) is 67.9 Å². The van der Waals surface area contributed by atoms with Crippen LogP contribution < -0.4 is 19.7 Å². The van der Waals surface area contributed by atoms with Gasteiger partial charge >= 0.3 is 0 Å². The molecule has 0 radical (unpaired) electrons. The highest BCUT2D eigenvalue weighted by molar-refractivity contribution is 5.97. The lowest BCUT2D eigenvalue weighted by Gasteiger charge is -2.26. The van der Waals surface area contributed by atoms with Gasteiger partial charge in [-0.15, -0.1) is 0 Å². The second-order valence-electron chi connectivity index (χ2n) is 5.73. The van der Waals surface area contributed by atoms with Crippen LogP contribution in [-0.4, -0.2) is 32.1 Å². The molecule has 2 aromatic rings. The van der Waals surface area contributed by atoms with E-state index in [2.05, 4.69) is 5.32 Å². The minimum absolute atomic E-state index is 0.0565. The predicted octanol–water partition coefficient (Wildman–Crippen LogP) is 2.13. The van der Waals surface area contributed by atoms with Crippen molar-refractivity contribution in [2.75, 3.05) is 25.2 Å². The second kappa shape index (κ2) is 7.70. The van der Waals surface area contributed by atoms with Crippen molar-refractivity contribution in [3.8, 4) is 11.5 Å². The smallest absolute Gasteiger partial charge is 0.264 e. The first-order valence-corrected chi connectivity index (χ1v) is 8.10. The van der Waals surface area contributed by atoms with Crippen LogP contribution >= 0.6 is 0 Å². The largest absolute Gasteiger partial charge is 0.493 e. The molecule has 0 aliphatic carbocycles. The fourth-order valence-electron chi connectivity index (χ4n) is 2.50. The van der Waals surface area contributed by atoms with E-state index >= 15 is 0 Å². The summed E-state index contributed by atoms with van der Waals surface area (Å²) in [6.45, 7) is 0.769. The van der Waals surface area contributed by atoms with E-state index in [0.29, 0.717) is 18.9 Å². The number of carbonyl (C=O) groups is 2. The van der Waals surface area contributed by atoms with Crippen molar-refractivity contribution < 1.29 is 19.1 Å². The summed E-state index contributed by atoms with van der Waals surface area (Å²) in [5, 5.41) is 2.85. The van der Waals surface area contributed by atoms with Crippen LogP contribution in [0.3, 0.4) is 0 Å². The lowest BCUT2D eigenvalue weighted by Crippen LogP contribution is -2.35. The monoisotopic (exact) mass is 340 g/mol. The average molecular weight is 340 g/mol. The first-order valence-electron chi connectivity index (χ1n) is 8.10. The lowest BCUT2D eigenvalue weighted by molar-refractivity contribution is -0.122. The summed E-state index contributed by atoms with van der Waals surface area (Å²) in [4.78, 5) is 25.2. The number of benzene rings is 2. The average Bonchev–Trinajstić information content (AvgIpc) is 2.64. The maximum atomic E-state index is 11.9. The fraction of sp³-hybridized carbons (Fsp3) is 0.263. The van der Waals surface area contributed by atoms with Crippen molar-refractivity contribution >= 4 is 17.5 Å². The fourth-order valence-corrected chi connectivity index (χ4v) is 2.50. The number of ether oxygens (including phenoxy) is 2. The van der Waals surface area contributed by atoms with Crippen molar-refractivity contribution in [1.29, 1.82) is 0 Å². The molecule has 2 amide bonds. The Balaban J connectivity index is 1.48. The number of amides is 2. The van der Waals surface area contributed by atoms with E-state index in [9.17, 15) is 9.59 Å². The molecule has 0 bridgehead atoms. The minimum atomic E-state index is -0.0910. The minimum Gasteiger partial charge on any atom is -0.493 e. The number of fused-ring (bicyclic) bond motifs is 1. The van der Waals surface area contributed by atoms with Crippen LogP contribution in [-0.2, 0) is 16.1 Å². The van der Waals surface area contributed by atoms with Gasteiger partial charge in [-0.2, -0.15) is 0 Å². The lowest BCUT2D eigenvalue weighted by atomic mass is 10.1. The third-order valence-corrected chi connectivity index (χ3v) is 3.94. The molecule has 3 rings (SSSR count). The number of hydrogen-bond acceptors (Lipinski definition) is 4. The van der Waals surface area contributed by atoms with Gasteiger partial charge in [-0.3, -0.25) is 9.59 Å². The Bertz CT molecular complexity index is 761. The number of hydrogen-bond donors (Lipinski definition) is 1. The molecule has 1 aliphatic heterocycles. The van der Waals surface area contributed by atoms with Crippen LogP contribution in [0.25, 0.3) is 0 Å². The van der Waals surface area contributed by atoms with Gasteiger partial charge in [0.2, 0.25) is 5.91 Å². The van der Waals surface area contributed by atoms with Crippen molar-refractivity contribution in [1.82, 2.24) is 5.32 Å². The SMILES string of the molecule is CN1C(=O)COc2ccc(CNC(=O)CCOc3ccccc3)cc21. The van der Waals surface area contributed by atoms with Gasteiger partial charge in [0.05, 0.1) is 18.7 Å². The Labute approximate surface area is 146 Å². The predicted molar refractivity (Wildman–Crippen MR) is 93.7 cm³/mol. The number of nitrogens with one attached hydrogen (secondary N) is 1. The van der Waals surface area contributed by atoms with E-state index in [1.807, 2.05) is 48.5 Å². The Morgan fingerprint density at radius 2 is 2.04 bits per heavy atom. The third kappa shape index (κ3) is 4.29. The van der Waals surface area contributed by atoms with E-state index < -0.39 is 0 Å². The quantitative estimate of drug-likeness (QED) is 0.875. The first kappa shape index (κ1) is 16.8. The van der Waals surface area contributed by atoms with Gasteiger partial charge < -0.3 is 19.7 Å². The molecule has 1 aliphatic rings. The van der Waals surface area contributed by atoms with Crippen LogP contribution in [0.1, 0.15) is 12.0 Å². The standard InChI is InChI=1S/C19H20N2O4/c1-21-16-11-14(7-8-17(16)25-13-19(21)23)12-20-18(22)9-10-24-15-5-3-2-4-6-15/h2-8,11H,9-10,12-13H2,1H3,(H,20,22). The van der Waals surface area contributed by atoms with Crippen molar-refractivity contribution in [2.45, 2.75) is 13.0 Å². The number of carbonyl (C=O) groups excluding carboxylic acids is 2. The third-order valence-electron chi connectivity index (χ3n) is 3.94. The summed E-state index contributed by atoms with van der Waals surface area (Å²) in [5.74, 6) is 1.24. The highest BCUT2D eigenvalue weighted by Crippen LogP contribution is 2.31. The molecule has 0 saturated heterocycles. The van der Waals surface area contributed by atoms with Crippen LogP contribution in [0.2, 0.25) is 0 Å². The van der Waals surface area contributed by atoms with Gasteiger partial charge in [-0.1, -0.05) is 24.3 Å². The van der Waals surface area contributed by atoms with E-state index in [1.54, 1.807) is 11.9 Å². The van der Waals surface area contributed by atoms with Gasteiger partial charge in [0.1, 0.15) is 11.5 Å². The van der Waals surface area contributed by atoms with Gasteiger partial charge in [0, 0.05) is 13.6 Å². The van der Waals surface area contributed by atoms with Crippen molar-refractivity contribution in [3.63, 3.8) is 0 Å². The molecule has 0 fully saturated rings. The van der Waals surface area contributed by atoms with Crippen molar-refractivity contribution in [3.05, 3.63) is 54.1 Å². The van der Waals surface area contributed by atoms with Crippen LogP contribution in [0.5, 0.6) is 11.5 Å². The molecule has 1 heterocycles. The first-order chi connectivity index (χ1) is 12.1. The van der Waals surface area contributed by atoms with Gasteiger partial charge in [0.15, 0.2) is 6.61 Å². The number of likely N-dealkylation sites (N-methyl/N-ethyl adjacent to an activating group) is 1. The number of anilines is 1. The Hall–Kier alpha value is -3.02. The maximum Gasteiger partial charge on any atom is 0.264 e. The summed E-state index contributed by atoms with van der Waals surface area (Å²) < 4.78 is 10.9. The molecule has 0 spiro atoms. The van der Waals surface area contributed by atoms with E-state index in [0.717, 1.165) is 17.0 Å². The highest BCUT2D eigenvalue weighted by atomic mass is 16.5. The zero-order valence-corrected chi connectivity index (χ0v) is 14.0. The van der Waals surface area contributed by atoms with Crippen LogP contribution in [0.4, 0.5) is 5.69 Å². The Morgan fingerprint density at radius 1 is 1.24 bits per heavy atom. The zero-order chi connectivity index (χ0) is 17.6. The Morgan fingerprint density at radius 3 is 2.84 bits per heavy atom. The van der Waals surface area contributed by atoms with Crippen LogP contribution in [0, 0.1) is 0 Å². The van der Waals surface area contributed by atoms with E-state index in [1.165, 1.54) is 0 Å². The summed E-state index contributed by atoms with van der Waals surface area (Å²) >= 11 is 0. The highest BCUT2D eigenvalue weighted by Gasteiger charge is 2.22. The van der Waals surface area contributed by atoms with Crippen LogP contribution in [0.15, 0.2) is 48.5 Å². The van der Waals surface area contributed by atoms with Gasteiger partial charge in [-0.05, 0) is 29.8 Å². The summed E-state index contributed by atoms with van der Waals surface area (Å²) in [5.41, 5.74) is 1.62. The number of rotatable bonds is 6. The normalized spacial score (nSPS) is 13.0. The van der Waals surface area contributed by atoms with E-state index in [-0.39, 0.29) is 24.8 Å². The molecule has 0 unspecified atom stereocenters. The molecule has 25 heavy (non-hydrogen) atoms. The molecular weight excluding hydrogens is 320 g/mol. The molecule has 0 saturated carbocycles. The van der Waals surface area contributed by atoms with Gasteiger partial charge in [0.25, 0.3) is 5.91 Å². The molecule has 6 heteroatoms. The summed E-state index contributed by atoms with van der Waals surface area (Å²) in [7, 11) is 1.72. The molecule has 0 atom stereocenters. The summed E-state index contributed by atoms with van der Waals surface area (Å²) in [6, 6.07) is 14.9. The molecule has 1 N–H and O–H groups in total. The van der Waals surface area contributed by atoms with Crippen molar-refractivity contribution in [2.24, 2.45) is 0 Å². The number of para-hydroxylation sites is 1. The molecule has 6 nitrogen and oxygen atoms in total.